The molecule has 2 N–H and O–H groups in total. The minimum Gasteiger partial charge on any atom is -0.491 e. The summed E-state index contributed by atoms with van der Waals surface area (Å²) < 4.78 is 5.77. The van der Waals surface area contributed by atoms with E-state index in [1.54, 1.807) is 0 Å². The summed E-state index contributed by atoms with van der Waals surface area (Å²) in [6.07, 6.45) is 6.63. The molecule has 1 aromatic rings. The zero-order valence-corrected chi connectivity index (χ0v) is 16.0. The first-order chi connectivity index (χ1) is 13.2. The maximum Gasteiger partial charge on any atom is 0.317 e. The first kappa shape index (κ1) is 18.6. The van der Waals surface area contributed by atoms with E-state index in [-0.39, 0.29) is 12.6 Å². The third-order valence-electron chi connectivity index (χ3n) is 6.27. The van der Waals surface area contributed by atoms with E-state index in [2.05, 4.69) is 10.2 Å². The number of likely N-dealkylation sites (tertiary alicyclic amines) is 1. The van der Waals surface area contributed by atoms with Gasteiger partial charge >= 0.3 is 6.03 Å². The molecule has 1 aromatic carbocycles. The second-order valence-corrected chi connectivity index (χ2v) is 8.14. The number of amides is 2. The van der Waals surface area contributed by atoms with E-state index in [0.29, 0.717) is 25.6 Å². The molecule has 0 radical (unpaired) electrons. The van der Waals surface area contributed by atoms with E-state index in [9.17, 15) is 9.90 Å². The number of fused-ring (bicyclic) bond motifs is 1. The third kappa shape index (κ3) is 4.38. The van der Waals surface area contributed by atoms with Gasteiger partial charge in [-0.1, -0.05) is 18.9 Å². The lowest BCUT2D eigenvalue weighted by molar-refractivity contribution is 0.185. The zero-order chi connectivity index (χ0) is 18.6. The van der Waals surface area contributed by atoms with Crippen LogP contribution in [0.25, 0.3) is 0 Å². The van der Waals surface area contributed by atoms with Gasteiger partial charge in [0, 0.05) is 24.7 Å². The van der Waals surface area contributed by atoms with Crippen molar-refractivity contribution >= 4 is 6.03 Å². The molecule has 0 bridgehead atoms. The number of hydrogen-bond acceptors (Lipinski definition) is 4. The predicted octanol–water partition coefficient (Wildman–Crippen LogP) is 2.35. The molecule has 3 aliphatic rings. The summed E-state index contributed by atoms with van der Waals surface area (Å²) in [6, 6.07) is 6.45. The smallest absolute Gasteiger partial charge is 0.317 e. The molecule has 6 nitrogen and oxygen atoms in total. The number of hydrogen-bond donors (Lipinski definition) is 2. The first-order valence-corrected chi connectivity index (χ1v) is 10.3. The number of carbonyl (C=O) groups is 1. The van der Waals surface area contributed by atoms with Crippen LogP contribution in [-0.4, -0.2) is 59.8 Å². The third-order valence-corrected chi connectivity index (χ3v) is 6.27. The standard InChI is InChI=1S/C21H31N3O3/c25-15-16-5-6-20-18(11-16)14-24(9-10-27-20)21(26)22-12-17-7-8-23(13-17)19-3-1-2-4-19/h5-6,11,17,19,25H,1-4,7-10,12-15H2,(H,22,26). The van der Waals surface area contributed by atoms with Crippen LogP contribution in [-0.2, 0) is 13.2 Å². The summed E-state index contributed by atoms with van der Waals surface area (Å²) >= 11 is 0. The highest BCUT2D eigenvalue weighted by Gasteiger charge is 2.30. The number of carbonyl (C=O) groups excluding carboxylic acids is 1. The number of nitrogens with zero attached hydrogens (tertiary/aromatic N) is 2. The van der Waals surface area contributed by atoms with Gasteiger partial charge in [-0.15, -0.1) is 0 Å². The lowest BCUT2D eigenvalue weighted by Gasteiger charge is -2.24. The maximum atomic E-state index is 12.7. The van der Waals surface area contributed by atoms with Crippen molar-refractivity contribution in [2.45, 2.75) is 51.3 Å². The highest BCUT2D eigenvalue weighted by Crippen LogP contribution is 2.28. The topological polar surface area (TPSA) is 65.0 Å². The fraction of sp³-hybridized carbons (Fsp3) is 0.667. The number of benzene rings is 1. The van der Waals surface area contributed by atoms with Gasteiger partial charge in [0.05, 0.1) is 19.7 Å². The molecule has 2 fully saturated rings. The molecule has 1 atom stereocenters. The fourth-order valence-electron chi connectivity index (χ4n) is 4.69. The minimum atomic E-state index is -0.0137. The van der Waals surface area contributed by atoms with Gasteiger partial charge in [-0.3, -0.25) is 0 Å². The largest absolute Gasteiger partial charge is 0.491 e. The number of urea groups is 1. The molecule has 2 aliphatic heterocycles. The van der Waals surface area contributed by atoms with Crippen molar-refractivity contribution < 1.29 is 14.6 Å². The van der Waals surface area contributed by atoms with E-state index < -0.39 is 0 Å². The van der Waals surface area contributed by atoms with Crippen molar-refractivity contribution in [3.63, 3.8) is 0 Å². The van der Waals surface area contributed by atoms with E-state index in [1.165, 1.54) is 38.6 Å². The van der Waals surface area contributed by atoms with Crippen LogP contribution in [0.4, 0.5) is 4.79 Å². The van der Waals surface area contributed by atoms with Gasteiger partial charge in [-0.25, -0.2) is 4.79 Å². The molecular weight excluding hydrogens is 342 g/mol. The van der Waals surface area contributed by atoms with Crippen LogP contribution in [0.15, 0.2) is 18.2 Å². The van der Waals surface area contributed by atoms with Crippen molar-refractivity contribution in [3.8, 4) is 5.75 Å². The molecule has 27 heavy (non-hydrogen) atoms. The Labute approximate surface area is 161 Å². The Kier molecular flexibility index (Phi) is 5.83. The van der Waals surface area contributed by atoms with Crippen LogP contribution in [0, 0.1) is 5.92 Å². The van der Waals surface area contributed by atoms with Gasteiger partial charge in [0.1, 0.15) is 12.4 Å². The number of aliphatic hydroxyl groups is 1. The Morgan fingerprint density at radius 1 is 1.22 bits per heavy atom. The summed E-state index contributed by atoms with van der Waals surface area (Å²) in [5.41, 5.74) is 1.81. The fourth-order valence-corrected chi connectivity index (χ4v) is 4.69. The highest BCUT2D eigenvalue weighted by molar-refractivity contribution is 5.74. The average molecular weight is 373 g/mol. The van der Waals surface area contributed by atoms with Crippen molar-refractivity contribution in [2.24, 2.45) is 5.92 Å². The summed E-state index contributed by atoms with van der Waals surface area (Å²) in [5.74, 6) is 1.37. The quantitative estimate of drug-likeness (QED) is 0.850. The molecule has 2 heterocycles. The van der Waals surface area contributed by atoms with Gasteiger partial charge in [-0.2, -0.15) is 0 Å². The zero-order valence-electron chi connectivity index (χ0n) is 16.0. The van der Waals surface area contributed by atoms with Crippen LogP contribution in [0.1, 0.15) is 43.2 Å². The van der Waals surface area contributed by atoms with Gasteiger partial charge < -0.3 is 25.0 Å². The molecular formula is C21H31N3O3. The van der Waals surface area contributed by atoms with Gasteiger partial charge in [0.25, 0.3) is 0 Å². The summed E-state index contributed by atoms with van der Waals surface area (Å²) in [5, 5.41) is 12.5. The highest BCUT2D eigenvalue weighted by atomic mass is 16.5. The Hall–Kier alpha value is -1.79. The number of nitrogens with one attached hydrogen (secondary N) is 1. The molecule has 1 saturated heterocycles. The Morgan fingerprint density at radius 2 is 2.07 bits per heavy atom. The van der Waals surface area contributed by atoms with Crippen molar-refractivity contribution in [1.82, 2.24) is 15.1 Å². The van der Waals surface area contributed by atoms with Gasteiger partial charge in [-0.05, 0) is 49.4 Å². The number of ether oxygens (including phenoxy) is 1. The SMILES string of the molecule is O=C(NCC1CCN(C2CCCC2)C1)N1CCOc2ccc(CO)cc2C1. The Morgan fingerprint density at radius 3 is 2.89 bits per heavy atom. The minimum absolute atomic E-state index is 0.00134. The maximum absolute atomic E-state index is 12.7. The van der Waals surface area contributed by atoms with Crippen molar-refractivity contribution in [1.29, 1.82) is 0 Å². The molecule has 1 aliphatic carbocycles. The summed E-state index contributed by atoms with van der Waals surface area (Å²) in [4.78, 5) is 17.2. The number of aliphatic hydroxyl groups excluding tert-OH is 1. The van der Waals surface area contributed by atoms with E-state index >= 15 is 0 Å². The lowest BCUT2D eigenvalue weighted by atomic mass is 10.1. The molecule has 2 amide bonds. The molecule has 4 rings (SSSR count). The predicted molar refractivity (Wildman–Crippen MR) is 104 cm³/mol. The van der Waals surface area contributed by atoms with Crippen molar-refractivity contribution in [2.75, 3.05) is 32.8 Å². The van der Waals surface area contributed by atoms with Crippen LogP contribution in [0.3, 0.4) is 0 Å². The van der Waals surface area contributed by atoms with Gasteiger partial charge in [0.15, 0.2) is 0 Å². The van der Waals surface area contributed by atoms with E-state index in [4.69, 9.17) is 4.74 Å². The normalized spacial score (nSPS) is 23.7. The molecule has 1 unspecified atom stereocenters. The lowest BCUT2D eigenvalue weighted by Crippen LogP contribution is -2.43. The number of rotatable bonds is 4. The van der Waals surface area contributed by atoms with Crippen LogP contribution in [0.2, 0.25) is 0 Å². The second-order valence-electron chi connectivity index (χ2n) is 8.14. The first-order valence-electron chi connectivity index (χ1n) is 10.3. The molecule has 148 valence electrons. The van der Waals surface area contributed by atoms with Crippen LogP contribution < -0.4 is 10.1 Å². The van der Waals surface area contributed by atoms with Crippen LogP contribution in [0.5, 0.6) is 5.75 Å². The molecule has 0 spiro atoms. The summed E-state index contributed by atoms with van der Waals surface area (Å²) in [7, 11) is 0. The summed E-state index contributed by atoms with van der Waals surface area (Å²) in [6.45, 7) is 4.65. The average Bonchev–Trinajstić information content (AvgIpc) is 3.33. The van der Waals surface area contributed by atoms with E-state index in [0.717, 1.165) is 36.0 Å². The second kappa shape index (κ2) is 8.48. The molecule has 0 aromatic heterocycles. The van der Waals surface area contributed by atoms with E-state index in [1.807, 2.05) is 23.1 Å². The Bertz CT molecular complexity index is 660. The molecule has 1 saturated carbocycles. The van der Waals surface area contributed by atoms with Crippen LogP contribution >= 0.6 is 0 Å². The van der Waals surface area contributed by atoms with Gasteiger partial charge in [0.2, 0.25) is 0 Å². The monoisotopic (exact) mass is 373 g/mol. The Balaban J connectivity index is 1.29. The van der Waals surface area contributed by atoms with Crippen molar-refractivity contribution in [3.05, 3.63) is 29.3 Å². The molecule has 6 heteroatoms.